The molecular formula is C22H20N2O4. The molecule has 3 rings (SSSR count). The zero-order chi connectivity index (χ0) is 19.9. The fraction of sp³-hybridized carbons (Fsp3) is 0.0909. The molecular weight excluding hydrogens is 356 g/mol. The Balaban J connectivity index is 1.76. The number of hydrazine groups is 1. The van der Waals surface area contributed by atoms with Crippen LogP contribution in [0.1, 0.15) is 31.8 Å². The maximum absolute atomic E-state index is 12.5. The van der Waals surface area contributed by atoms with Crippen LogP contribution in [0.15, 0.2) is 66.7 Å². The second-order valence-electron chi connectivity index (χ2n) is 6.13. The number of phenolic OH excluding ortho intramolecular Hbond substituents is 1. The quantitative estimate of drug-likeness (QED) is 0.433. The molecule has 0 spiro atoms. The highest BCUT2D eigenvalue weighted by molar-refractivity contribution is 5.98. The Morgan fingerprint density at radius 3 is 2.50 bits per heavy atom. The molecule has 0 aliphatic rings. The van der Waals surface area contributed by atoms with Crippen molar-refractivity contribution in [2.24, 2.45) is 0 Å². The van der Waals surface area contributed by atoms with Gasteiger partial charge >= 0.3 is 0 Å². The predicted octanol–water partition coefficient (Wildman–Crippen LogP) is 3.56. The zero-order valence-corrected chi connectivity index (χ0v) is 15.3. The number of amides is 1. The van der Waals surface area contributed by atoms with Gasteiger partial charge in [0.05, 0.1) is 18.4 Å². The Morgan fingerprint density at radius 1 is 1.07 bits per heavy atom. The van der Waals surface area contributed by atoms with Crippen molar-refractivity contribution in [1.82, 2.24) is 5.43 Å². The fourth-order valence-electron chi connectivity index (χ4n) is 2.81. The maximum Gasteiger partial charge on any atom is 0.269 e. The smallest absolute Gasteiger partial charge is 0.269 e. The van der Waals surface area contributed by atoms with Crippen molar-refractivity contribution >= 4 is 17.9 Å². The minimum atomic E-state index is -0.462. The van der Waals surface area contributed by atoms with Gasteiger partial charge in [0.1, 0.15) is 0 Å². The van der Waals surface area contributed by atoms with Crippen LogP contribution in [0.2, 0.25) is 0 Å². The number of phenols is 1. The average Bonchev–Trinajstić information content (AvgIpc) is 2.73. The number of carbonyl (C=O) groups is 2. The molecule has 0 unspecified atom stereocenters. The standard InChI is InChI=1S/C22H20N2O4/c1-28-20-13-17(12-18(14-25)21(20)26)22(27)24-23-19-10-6-5-9-16(19)11-15-7-3-2-4-8-15/h2-10,12-14,23,26H,11H2,1H3,(H,24,27). The Bertz CT molecular complexity index is 987. The second kappa shape index (κ2) is 8.73. The summed E-state index contributed by atoms with van der Waals surface area (Å²) in [5, 5.41) is 9.88. The average molecular weight is 376 g/mol. The number of nitrogens with one attached hydrogen (secondary N) is 2. The van der Waals surface area contributed by atoms with E-state index in [0.29, 0.717) is 12.7 Å². The molecule has 6 heteroatoms. The lowest BCUT2D eigenvalue weighted by molar-refractivity contribution is 0.0962. The maximum atomic E-state index is 12.5. The van der Waals surface area contributed by atoms with Gasteiger partial charge in [-0.15, -0.1) is 0 Å². The third-order valence-electron chi connectivity index (χ3n) is 4.28. The van der Waals surface area contributed by atoms with Crippen LogP contribution in [0.25, 0.3) is 0 Å². The van der Waals surface area contributed by atoms with Gasteiger partial charge in [0.15, 0.2) is 17.8 Å². The van der Waals surface area contributed by atoms with Crippen LogP contribution in [-0.2, 0) is 6.42 Å². The number of rotatable bonds is 7. The number of carbonyl (C=O) groups excluding carboxylic acids is 2. The van der Waals surface area contributed by atoms with Gasteiger partial charge in [-0.2, -0.15) is 0 Å². The third kappa shape index (κ3) is 4.29. The van der Waals surface area contributed by atoms with E-state index in [1.165, 1.54) is 19.2 Å². The summed E-state index contributed by atoms with van der Waals surface area (Å²) in [7, 11) is 1.35. The minimum absolute atomic E-state index is 0.0195. The molecule has 0 bridgehead atoms. The summed E-state index contributed by atoms with van der Waals surface area (Å²) in [5.74, 6) is -0.703. The monoisotopic (exact) mass is 376 g/mol. The molecule has 6 nitrogen and oxygen atoms in total. The van der Waals surface area contributed by atoms with Crippen molar-refractivity contribution < 1.29 is 19.4 Å². The molecule has 142 valence electrons. The molecule has 1 amide bonds. The molecule has 3 aromatic rings. The number of methoxy groups -OCH3 is 1. The highest BCUT2D eigenvalue weighted by Crippen LogP contribution is 2.30. The Kier molecular flexibility index (Phi) is 5.91. The van der Waals surface area contributed by atoms with Gasteiger partial charge in [-0.3, -0.25) is 20.4 Å². The fourth-order valence-corrected chi connectivity index (χ4v) is 2.81. The highest BCUT2D eigenvalue weighted by Gasteiger charge is 2.15. The summed E-state index contributed by atoms with van der Waals surface area (Å²) < 4.78 is 5.02. The van der Waals surface area contributed by atoms with Crippen LogP contribution in [0.4, 0.5) is 5.69 Å². The summed E-state index contributed by atoms with van der Waals surface area (Å²) in [6.07, 6.45) is 1.18. The predicted molar refractivity (Wildman–Crippen MR) is 107 cm³/mol. The van der Waals surface area contributed by atoms with Gasteiger partial charge in [-0.05, 0) is 35.7 Å². The summed E-state index contributed by atoms with van der Waals surface area (Å²) >= 11 is 0. The molecule has 0 saturated carbocycles. The number of benzene rings is 3. The molecule has 0 aliphatic carbocycles. The van der Waals surface area contributed by atoms with Crippen LogP contribution < -0.4 is 15.6 Å². The first-order valence-electron chi connectivity index (χ1n) is 8.66. The molecule has 0 heterocycles. The van der Waals surface area contributed by atoms with Crippen molar-refractivity contribution in [3.8, 4) is 11.5 Å². The van der Waals surface area contributed by atoms with E-state index in [2.05, 4.69) is 10.9 Å². The SMILES string of the molecule is COc1cc(C(=O)NNc2ccccc2Cc2ccccc2)cc(C=O)c1O. The van der Waals surface area contributed by atoms with E-state index >= 15 is 0 Å². The van der Waals surface area contributed by atoms with Crippen molar-refractivity contribution in [2.45, 2.75) is 6.42 Å². The first-order valence-corrected chi connectivity index (χ1v) is 8.66. The van der Waals surface area contributed by atoms with Gasteiger partial charge < -0.3 is 9.84 Å². The number of para-hydroxylation sites is 1. The van der Waals surface area contributed by atoms with Gasteiger partial charge in [0, 0.05) is 5.56 Å². The normalized spacial score (nSPS) is 10.2. The topological polar surface area (TPSA) is 87.7 Å². The van der Waals surface area contributed by atoms with E-state index in [9.17, 15) is 14.7 Å². The molecule has 0 radical (unpaired) electrons. The molecule has 0 aromatic heterocycles. The van der Waals surface area contributed by atoms with Crippen LogP contribution in [0.5, 0.6) is 11.5 Å². The van der Waals surface area contributed by atoms with Crippen molar-refractivity contribution in [3.63, 3.8) is 0 Å². The Hall–Kier alpha value is -3.80. The molecule has 0 atom stereocenters. The third-order valence-corrected chi connectivity index (χ3v) is 4.28. The molecule has 0 fully saturated rings. The van der Waals surface area contributed by atoms with E-state index in [1.54, 1.807) is 0 Å². The van der Waals surface area contributed by atoms with Gasteiger partial charge in [0.25, 0.3) is 5.91 Å². The van der Waals surface area contributed by atoms with Crippen molar-refractivity contribution in [2.75, 3.05) is 12.5 Å². The first kappa shape index (κ1) is 19.0. The molecule has 3 aromatic carbocycles. The lowest BCUT2D eigenvalue weighted by Gasteiger charge is -2.14. The number of ether oxygens (including phenoxy) is 1. The van der Waals surface area contributed by atoms with Gasteiger partial charge in [-0.25, -0.2) is 0 Å². The van der Waals surface area contributed by atoms with E-state index in [0.717, 1.165) is 16.8 Å². The lowest BCUT2D eigenvalue weighted by Crippen LogP contribution is -2.30. The summed E-state index contributed by atoms with van der Waals surface area (Å²) in [6.45, 7) is 0. The van der Waals surface area contributed by atoms with E-state index in [1.807, 2.05) is 54.6 Å². The van der Waals surface area contributed by atoms with Crippen LogP contribution in [-0.4, -0.2) is 24.4 Å². The first-order chi connectivity index (χ1) is 13.6. The molecule has 0 aliphatic heterocycles. The van der Waals surface area contributed by atoms with Crippen LogP contribution in [0.3, 0.4) is 0 Å². The summed E-state index contributed by atoms with van der Waals surface area (Å²) in [6, 6.07) is 20.3. The van der Waals surface area contributed by atoms with Crippen molar-refractivity contribution in [1.29, 1.82) is 0 Å². The summed E-state index contributed by atoms with van der Waals surface area (Å²) in [4.78, 5) is 23.6. The Morgan fingerprint density at radius 2 is 1.79 bits per heavy atom. The largest absolute Gasteiger partial charge is 0.504 e. The molecule has 3 N–H and O–H groups in total. The van der Waals surface area contributed by atoms with Gasteiger partial charge in [-0.1, -0.05) is 48.5 Å². The highest BCUT2D eigenvalue weighted by atomic mass is 16.5. The Labute approximate surface area is 162 Å². The number of aromatic hydroxyl groups is 1. The zero-order valence-electron chi connectivity index (χ0n) is 15.3. The van der Waals surface area contributed by atoms with E-state index in [-0.39, 0.29) is 22.6 Å². The lowest BCUT2D eigenvalue weighted by atomic mass is 10.0. The molecule has 28 heavy (non-hydrogen) atoms. The minimum Gasteiger partial charge on any atom is -0.504 e. The van der Waals surface area contributed by atoms with Crippen molar-refractivity contribution in [3.05, 3.63) is 89.0 Å². The number of hydrogen-bond acceptors (Lipinski definition) is 5. The van der Waals surface area contributed by atoms with Gasteiger partial charge in [0.2, 0.25) is 0 Å². The molecule has 0 saturated heterocycles. The van der Waals surface area contributed by atoms with E-state index in [4.69, 9.17) is 4.74 Å². The summed E-state index contributed by atoms with van der Waals surface area (Å²) in [5.41, 5.74) is 8.66. The number of aldehydes is 1. The van der Waals surface area contributed by atoms with Crippen LogP contribution in [0, 0.1) is 0 Å². The second-order valence-corrected chi connectivity index (χ2v) is 6.13. The van der Waals surface area contributed by atoms with Crippen LogP contribution >= 0.6 is 0 Å². The number of hydrogen-bond donors (Lipinski definition) is 3. The number of anilines is 1. The van der Waals surface area contributed by atoms with E-state index < -0.39 is 5.91 Å².